The molecular formula is C26H33NO8. The van der Waals surface area contributed by atoms with Gasteiger partial charge in [-0.2, -0.15) is 0 Å². The Hall–Kier alpha value is -2.53. The molecule has 2 aromatic rings. The monoisotopic (exact) mass is 487 g/mol. The molecule has 6 atom stereocenters. The van der Waals surface area contributed by atoms with Crippen LogP contribution < -0.4 is 5.32 Å². The lowest BCUT2D eigenvalue weighted by Crippen LogP contribution is -2.62. The van der Waals surface area contributed by atoms with Crippen molar-refractivity contribution in [1.29, 1.82) is 0 Å². The summed E-state index contributed by atoms with van der Waals surface area (Å²) in [4.78, 5) is 11.7. The van der Waals surface area contributed by atoms with Gasteiger partial charge in [0.15, 0.2) is 12.6 Å². The molecule has 9 heteroatoms. The minimum Gasteiger partial charge on any atom is -0.445 e. The van der Waals surface area contributed by atoms with Crippen LogP contribution in [0.25, 0.3) is 0 Å². The minimum absolute atomic E-state index is 0.222. The highest BCUT2D eigenvalue weighted by Crippen LogP contribution is 2.34. The van der Waals surface area contributed by atoms with Gasteiger partial charge in [0.2, 0.25) is 0 Å². The summed E-state index contributed by atoms with van der Waals surface area (Å²) in [6.07, 6.45) is -3.38. The van der Waals surface area contributed by atoms with Crippen molar-refractivity contribution < 1.29 is 38.7 Å². The molecule has 0 aromatic heterocycles. The Labute approximate surface area is 204 Å². The van der Waals surface area contributed by atoms with Crippen LogP contribution in [-0.2, 0) is 30.3 Å². The van der Waals surface area contributed by atoms with Crippen LogP contribution in [0.2, 0.25) is 0 Å². The van der Waals surface area contributed by atoms with E-state index in [0.717, 1.165) is 24.0 Å². The minimum atomic E-state index is -1.23. The quantitative estimate of drug-likeness (QED) is 0.438. The predicted molar refractivity (Wildman–Crippen MR) is 125 cm³/mol. The van der Waals surface area contributed by atoms with E-state index in [-0.39, 0.29) is 13.2 Å². The van der Waals surface area contributed by atoms with Crippen molar-refractivity contribution >= 4 is 6.09 Å². The highest BCUT2D eigenvalue weighted by molar-refractivity contribution is 5.67. The Kier molecular flexibility index (Phi) is 9.47. The number of benzene rings is 2. The Morgan fingerprint density at radius 2 is 1.69 bits per heavy atom. The van der Waals surface area contributed by atoms with Gasteiger partial charge in [-0.05, 0) is 24.8 Å². The predicted octanol–water partition coefficient (Wildman–Crippen LogP) is 2.66. The molecule has 190 valence electrons. The molecule has 3 N–H and O–H groups in total. The van der Waals surface area contributed by atoms with Crippen molar-refractivity contribution in [1.82, 2.24) is 5.32 Å². The normalized spacial score (nSPS) is 28.2. The maximum absolute atomic E-state index is 11.7. The fourth-order valence-corrected chi connectivity index (χ4v) is 4.06. The summed E-state index contributed by atoms with van der Waals surface area (Å²) >= 11 is 0. The van der Waals surface area contributed by atoms with Gasteiger partial charge < -0.3 is 39.2 Å². The van der Waals surface area contributed by atoms with Gasteiger partial charge in [0.1, 0.15) is 31.0 Å². The second kappa shape index (κ2) is 13.0. The van der Waals surface area contributed by atoms with Crippen molar-refractivity contribution in [2.75, 3.05) is 19.8 Å². The van der Waals surface area contributed by atoms with Gasteiger partial charge in [0.05, 0.1) is 6.61 Å². The van der Waals surface area contributed by atoms with Crippen LogP contribution in [0.15, 0.2) is 60.7 Å². The molecule has 0 spiro atoms. The van der Waals surface area contributed by atoms with Gasteiger partial charge in [-0.25, -0.2) is 4.79 Å². The zero-order chi connectivity index (χ0) is 24.5. The summed E-state index contributed by atoms with van der Waals surface area (Å²) in [5.74, 6) is 0. The van der Waals surface area contributed by atoms with Crippen LogP contribution in [0, 0.1) is 0 Å². The second-order valence-corrected chi connectivity index (χ2v) is 8.62. The Morgan fingerprint density at radius 1 is 0.943 bits per heavy atom. The molecule has 1 amide bonds. The molecule has 4 rings (SSSR count). The van der Waals surface area contributed by atoms with Crippen molar-refractivity contribution in [2.45, 2.75) is 62.9 Å². The van der Waals surface area contributed by atoms with Gasteiger partial charge in [0, 0.05) is 18.7 Å². The number of aliphatic hydroxyl groups excluding tert-OH is 2. The average Bonchev–Trinajstić information content (AvgIpc) is 2.90. The molecule has 0 saturated carbocycles. The van der Waals surface area contributed by atoms with E-state index in [1.807, 2.05) is 60.7 Å². The average molecular weight is 488 g/mol. The number of unbranched alkanes of at least 4 members (excludes halogenated alkanes) is 2. The third kappa shape index (κ3) is 7.23. The number of hydrogen-bond donors (Lipinski definition) is 3. The van der Waals surface area contributed by atoms with E-state index in [9.17, 15) is 15.0 Å². The van der Waals surface area contributed by atoms with Crippen LogP contribution >= 0.6 is 0 Å². The second-order valence-electron chi connectivity index (χ2n) is 8.62. The number of fused-ring (bicyclic) bond motifs is 1. The van der Waals surface area contributed by atoms with E-state index in [0.29, 0.717) is 19.6 Å². The number of rotatable bonds is 10. The number of amides is 1. The zero-order valence-electron chi connectivity index (χ0n) is 19.5. The lowest BCUT2D eigenvalue weighted by molar-refractivity contribution is -0.361. The molecular weight excluding hydrogens is 454 g/mol. The lowest BCUT2D eigenvalue weighted by atomic mass is 9.98. The highest BCUT2D eigenvalue weighted by atomic mass is 16.8. The first-order valence-corrected chi connectivity index (χ1v) is 12.0. The number of ether oxygens (including phenoxy) is 5. The molecule has 1 unspecified atom stereocenters. The fraction of sp³-hybridized carbons (Fsp3) is 0.500. The molecule has 9 nitrogen and oxygen atoms in total. The molecule has 0 radical (unpaired) electrons. The molecule has 2 aliphatic heterocycles. The summed E-state index contributed by atoms with van der Waals surface area (Å²) in [6.45, 7) is 1.30. The van der Waals surface area contributed by atoms with Crippen LogP contribution in [-0.4, -0.2) is 66.8 Å². The smallest absolute Gasteiger partial charge is 0.407 e. The molecule has 2 aliphatic rings. The molecule has 0 bridgehead atoms. The Morgan fingerprint density at radius 3 is 2.46 bits per heavy atom. The van der Waals surface area contributed by atoms with Crippen molar-refractivity contribution in [2.24, 2.45) is 0 Å². The number of hydrogen-bond acceptors (Lipinski definition) is 8. The maximum Gasteiger partial charge on any atom is 0.407 e. The number of carbonyl (C=O) groups excluding carboxylic acids is 1. The molecule has 0 aliphatic carbocycles. The van der Waals surface area contributed by atoms with Crippen LogP contribution in [0.3, 0.4) is 0 Å². The fourth-order valence-electron chi connectivity index (χ4n) is 4.06. The summed E-state index contributed by atoms with van der Waals surface area (Å²) in [5, 5.41) is 23.8. The summed E-state index contributed by atoms with van der Waals surface area (Å²) in [5.41, 5.74) is 1.77. The number of carbonyl (C=O) groups is 1. The van der Waals surface area contributed by atoms with E-state index in [1.165, 1.54) is 0 Å². The standard InChI is InChI=1S/C26H33NO8/c28-21-22(29)25(34-20-17-32-24(35-23(20)21)19-12-6-2-7-13-19)31-15-9-3-8-14-27-26(30)33-16-18-10-4-1-5-11-18/h1-2,4-7,10-13,20-25,28-29H,3,8-9,14-17H2,(H,27,30)/t20-,21-,22-,23-,24?,25-/m1/s1. The van der Waals surface area contributed by atoms with Crippen molar-refractivity contribution in [3.8, 4) is 0 Å². The number of alkyl carbamates (subject to hydrolysis) is 1. The molecule has 35 heavy (non-hydrogen) atoms. The molecule has 2 fully saturated rings. The van der Waals surface area contributed by atoms with E-state index < -0.39 is 43.1 Å². The first kappa shape index (κ1) is 25.6. The van der Waals surface area contributed by atoms with Crippen LogP contribution in [0.5, 0.6) is 0 Å². The SMILES string of the molecule is O=C(NCCCCCO[C@@H]1O[C@@H]2COC(c3ccccc3)O[C@H]2[C@H](O)[C@H]1O)OCc1ccccc1. The maximum atomic E-state index is 11.7. The van der Waals surface area contributed by atoms with Gasteiger partial charge in [-0.15, -0.1) is 0 Å². The summed E-state index contributed by atoms with van der Waals surface area (Å²) in [7, 11) is 0. The molecule has 2 saturated heterocycles. The largest absolute Gasteiger partial charge is 0.445 e. The van der Waals surface area contributed by atoms with Gasteiger partial charge in [-0.1, -0.05) is 60.7 Å². The number of nitrogens with one attached hydrogen (secondary N) is 1. The summed E-state index contributed by atoms with van der Waals surface area (Å²) < 4.78 is 28.3. The highest BCUT2D eigenvalue weighted by Gasteiger charge is 2.49. The van der Waals surface area contributed by atoms with E-state index >= 15 is 0 Å². The third-order valence-corrected chi connectivity index (χ3v) is 5.99. The zero-order valence-corrected chi connectivity index (χ0v) is 19.5. The van der Waals surface area contributed by atoms with Crippen molar-refractivity contribution in [3.63, 3.8) is 0 Å². The van der Waals surface area contributed by atoms with Gasteiger partial charge >= 0.3 is 6.09 Å². The first-order valence-electron chi connectivity index (χ1n) is 12.0. The topological polar surface area (TPSA) is 116 Å². The van der Waals surface area contributed by atoms with E-state index in [1.54, 1.807) is 0 Å². The third-order valence-electron chi connectivity index (χ3n) is 5.99. The number of aliphatic hydroxyl groups is 2. The Bertz CT molecular complexity index is 897. The van der Waals surface area contributed by atoms with Gasteiger partial charge in [0.25, 0.3) is 0 Å². The lowest BCUT2D eigenvalue weighted by Gasteiger charge is -2.46. The Balaban J connectivity index is 1.09. The van der Waals surface area contributed by atoms with E-state index in [4.69, 9.17) is 23.7 Å². The van der Waals surface area contributed by atoms with Gasteiger partial charge in [-0.3, -0.25) is 0 Å². The summed E-state index contributed by atoms with van der Waals surface area (Å²) in [6, 6.07) is 18.9. The van der Waals surface area contributed by atoms with E-state index in [2.05, 4.69) is 5.32 Å². The molecule has 2 heterocycles. The van der Waals surface area contributed by atoms with Crippen LogP contribution in [0.4, 0.5) is 4.79 Å². The van der Waals surface area contributed by atoms with Crippen LogP contribution in [0.1, 0.15) is 36.7 Å². The first-order chi connectivity index (χ1) is 17.1. The van der Waals surface area contributed by atoms with Crippen molar-refractivity contribution in [3.05, 3.63) is 71.8 Å². The molecule has 2 aromatic carbocycles.